The normalized spacial score (nSPS) is 21.7. The Morgan fingerprint density at radius 3 is 2.67 bits per heavy atom. The van der Waals surface area contributed by atoms with E-state index in [0.717, 1.165) is 12.2 Å². The number of fused-ring (bicyclic) bond motifs is 1. The standard InChI is InChI=1S/C27H39N5O4/c1-18(2)29-27(34)30-21-10-11-23-24(13-21)36-17-20(4)32(15-22-9-7-8-12-28-22)14-19(3)25(35-6)16-31(5)26(23)33/h7-13,18-20,25H,14-17H2,1-6H3,(H2,29,30,34)/t19-,20+,25-/m0/s1. The zero-order valence-electron chi connectivity index (χ0n) is 22.2. The van der Waals surface area contributed by atoms with Crippen molar-refractivity contribution in [1.82, 2.24) is 20.1 Å². The highest BCUT2D eigenvalue weighted by Crippen LogP contribution is 2.27. The number of urea groups is 1. The Balaban J connectivity index is 1.91. The number of ether oxygens (including phenoxy) is 2. The van der Waals surface area contributed by atoms with Gasteiger partial charge >= 0.3 is 6.03 Å². The SMILES string of the molecule is CO[C@H]1CN(C)C(=O)c2ccc(NC(=O)NC(C)C)cc2OC[C@@H](C)N(Cc2ccccn2)C[C@@H]1C. The van der Waals surface area contributed by atoms with Crippen LogP contribution in [0.1, 0.15) is 43.7 Å². The Hall–Kier alpha value is -3.17. The lowest BCUT2D eigenvalue weighted by atomic mass is 10.0. The van der Waals surface area contributed by atoms with Gasteiger partial charge in [-0.2, -0.15) is 0 Å². The minimum atomic E-state index is -0.312. The quantitative estimate of drug-likeness (QED) is 0.655. The number of carbonyl (C=O) groups excluding carboxylic acids is 2. The minimum Gasteiger partial charge on any atom is -0.491 e. The van der Waals surface area contributed by atoms with E-state index < -0.39 is 0 Å². The molecule has 2 heterocycles. The summed E-state index contributed by atoms with van der Waals surface area (Å²) in [5.74, 6) is 0.443. The van der Waals surface area contributed by atoms with Gasteiger partial charge in [0, 0.05) is 63.8 Å². The van der Waals surface area contributed by atoms with Crippen LogP contribution in [0, 0.1) is 5.92 Å². The van der Waals surface area contributed by atoms with Crippen LogP contribution in [0.2, 0.25) is 0 Å². The zero-order chi connectivity index (χ0) is 26.2. The zero-order valence-corrected chi connectivity index (χ0v) is 22.2. The largest absolute Gasteiger partial charge is 0.491 e. The molecule has 9 heteroatoms. The lowest BCUT2D eigenvalue weighted by Gasteiger charge is -2.35. The van der Waals surface area contributed by atoms with E-state index in [4.69, 9.17) is 9.47 Å². The van der Waals surface area contributed by atoms with E-state index in [9.17, 15) is 9.59 Å². The van der Waals surface area contributed by atoms with Crippen LogP contribution in [0.3, 0.4) is 0 Å². The van der Waals surface area contributed by atoms with Crippen molar-refractivity contribution in [3.8, 4) is 5.75 Å². The molecule has 3 atom stereocenters. The molecular formula is C27H39N5O4. The van der Waals surface area contributed by atoms with E-state index in [-0.39, 0.29) is 36.0 Å². The molecule has 0 saturated heterocycles. The summed E-state index contributed by atoms with van der Waals surface area (Å²) < 4.78 is 12.1. The molecule has 2 aromatic rings. The molecule has 0 aliphatic carbocycles. The van der Waals surface area contributed by atoms with Crippen LogP contribution in [0.25, 0.3) is 0 Å². The number of benzene rings is 1. The number of amides is 3. The van der Waals surface area contributed by atoms with Gasteiger partial charge in [0.1, 0.15) is 12.4 Å². The summed E-state index contributed by atoms with van der Waals surface area (Å²) in [7, 11) is 3.46. The highest BCUT2D eigenvalue weighted by Gasteiger charge is 2.28. The molecule has 0 unspecified atom stereocenters. The molecule has 36 heavy (non-hydrogen) atoms. The number of nitrogens with one attached hydrogen (secondary N) is 2. The lowest BCUT2D eigenvalue weighted by molar-refractivity contribution is 0.00901. The van der Waals surface area contributed by atoms with Gasteiger partial charge in [0.2, 0.25) is 0 Å². The number of anilines is 1. The average molecular weight is 498 g/mol. The van der Waals surface area contributed by atoms with E-state index in [1.54, 1.807) is 43.5 Å². The molecule has 1 aliphatic heterocycles. The number of rotatable bonds is 5. The van der Waals surface area contributed by atoms with E-state index in [1.807, 2.05) is 32.0 Å². The molecule has 1 aromatic heterocycles. The third kappa shape index (κ3) is 7.41. The average Bonchev–Trinajstić information content (AvgIpc) is 2.84. The Bertz CT molecular complexity index is 1020. The van der Waals surface area contributed by atoms with Crippen molar-refractivity contribution in [2.24, 2.45) is 5.92 Å². The second-order valence-electron chi connectivity index (χ2n) is 9.81. The first-order chi connectivity index (χ1) is 17.2. The summed E-state index contributed by atoms with van der Waals surface area (Å²) in [6.45, 7) is 10.3. The maximum Gasteiger partial charge on any atom is 0.319 e. The smallest absolute Gasteiger partial charge is 0.319 e. The fourth-order valence-corrected chi connectivity index (χ4v) is 4.27. The molecule has 1 aromatic carbocycles. The number of aromatic nitrogens is 1. The predicted molar refractivity (Wildman–Crippen MR) is 140 cm³/mol. The van der Waals surface area contributed by atoms with Crippen molar-refractivity contribution < 1.29 is 19.1 Å². The summed E-state index contributed by atoms with van der Waals surface area (Å²) in [4.78, 5) is 34.1. The van der Waals surface area contributed by atoms with Gasteiger partial charge in [0.25, 0.3) is 5.91 Å². The van der Waals surface area contributed by atoms with Gasteiger partial charge in [-0.15, -0.1) is 0 Å². The third-order valence-electron chi connectivity index (χ3n) is 6.34. The predicted octanol–water partition coefficient (Wildman–Crippen LogP) is 3.62. The molecular weight excluding hydrogens is 458 g/mol. The van der Waals surface area contributed by atoms with Crippen LogP contribution in [0.15, 0.2) is 42.6 Å². The van der Waals surface area contributed by atoms with E-state index >= 15 is 0 Å². The summed E-state index contributed by atoms with van der Waals surface area (Å²) in [6, 6.07) is 10.8. The van der Waals surface area contributed by atoms with Crippen molar-refractivity contribution in [1.29, 1.82) is 0 Å². The Labute approximate surface area is 214 Å². The van der Waals surface area contributed by atoms with Gasteiger partial charge in [-0.25, -0.2) is 4.79 Å². The molecule has 0 spiro atoms. The van der Waals surface area contributed by atoms with Gasteiger partial charge in [-0.05, 0) is 51.0 Å². The van der Waals surface area contributed by atoms with Crippen molar-refractivity contribution >= 4 is 17.6 Å². The molecule has 1 aliphatic rings. The maximum absolute atomic E-state index is 13.4. The molecule has 0 fully saturated rings. The Kier molecular flexibility index (Phi) is 9.66. The van der Waals surface area contributed by atoms with Crippen LogP contribution < -0.4 is 15.4 Å². The van der Waals surface area contributed by atoms with Gasteiger partial charge in [0.15, 0.2) is 0 Å². The topological polar surface area (TPSA) is 96.0 Å². The molecule has 0 saturated carbocycles. The van der Waals surface area contributed by atoms with Gasteiger partial charge < -0.3 is 25.0 Å². The van der Waals surface area contributed by atoms with E-state index in [0.29, 0.717) is 36.7 Å². The van der Waals surface area contributed by atoms with E-state index in [2.05, 4.69) is 34.4 Å². The number of carbonyl (C=O) groups is 2. The molecule has 2 N–H and O–H groups in total. The highest BCUT2D eigenvalue weighted by molar-refractivity contribution is 5.98. The van der Waals surface area contributed by atoms with Gasteiger partial charge in [-0.1, -0.05) is 13.0 Å². The van der Waals surface area contributed by atoms with Crippen molar-refractivity contribution in [2.45, 2.75) is 52.4 Å². The number of nitrogens with zero attached hydrogens (tertiary/aromatic N) is 3. The van der Waals surface area contributed by atoms with Crippen LogP contribution in [-0.4, -0.2) is 78.8 Å². The third-order valence-corrected chi connectivity index (χ3v) is 6.34. The van der Waals surface area contributed by atoms with Gasteiger partial charge in [0.05, 0.1) is 17.4 Å². The first-order valence-corrected chi connectivity index (χ1v) is 12.4. The molecule has 0 radical (unpaired) electrons. The molecule has 9 nitrogen and oxygen atoms in total. The van der Waals surface area contributed by atoms with Crippen LogP contribution in [-0.2, 0) is 11.3 Å². The molecule has 3 amide bonds. The van der Waals surface area contributed by atoms with Crippen LogP contribution in [0.4, 0.5) is 10.5 Å². The first kappa shape index (κ1) is 27.4. The number of methoxy groups -OCH3 is 1. The molecule has 196 valence electrons. The summed E-state index contributed by atoms with van der Waals surface area (Å²) in [5, 5.41) is 5.62. The Morgan fingerprint density at radius 2 is 2.00 bits per heavy atom. The number of pyridine rings is 1. The fraction of sp³-hybridized carbons (Fsp3) is 0.519. The monoisotopic (exact) mass is 497 g/mol. The van der Waals surface area contributed by atoms with E-state index in [1.165, 1.54) is 0 Å². The first-order valence-electron chi connectivity index (χ1n) is 12.4. The number of hydrogen-bond donors (Lipinski definition) is 2. The summed E-state index contributed by atoms with van der Waals surface area (Å²) >= 11 is 0. The van der Waals surface area contributed by atoms with Crippen LogP contribution >= 0.6 is 0 Å². The lowest BCUT2D eigenvalue weighted by Crippen LogP contribution is -2.46. The van der Waals surface area contributed by atoms with Crippen LogP contribution in [0.5, 0.6) is 5.75 Å². The highest BCUT2D eigenvalue weighted by atomic mass is 16.5. The number of hydrogen-bond acceptors (Lipinski definition) is 6. The van der Waals surface area contributed by atoms with Crippen molar-refractivity contribution in [3.05, 3.63) is 53.9 Å². The van der Waals surface area contributed by atoms with Crippen molar-refractivity contribution in [2.75, 3.05) is 39.2 Å². The fourth-order valence-electron chi connectivity index (χ4n) is 4.27. The maximum atomic E-state index is 13.4. The minimum absolute atomic E-state index is 0.00261. The second kappa shape index (κ2) is 12.7. The Morgan fingerprint density at radius 1 is 1.22 bits per heavy atom. The summed E-state index contributed by atoms with van der Waals surface area (Å²) in [5.41, 5.74) is 1.97. The second-order valence-corrected chi connectivity index (χ2v) is 9.81. The molecule has 0 bridgehead atoms. The van der Waals surface area contributed by atoms with Crippen molar-refractivity contribution in [3.63, 3.8) is 0 Å². The summed E-state index contributed by atoms with van der Waals surface area (Å²) in [6.07, 6.45) is 1.66. The number of likely N-dealkylation sites (N-methyl/N-ethyl adjacent to an activating group) is 1. The van der Waals surface area contributed by atoms with Gasteiger partial charge in [-0.3, -0.25) is 14.7 Å². The molecule has 3 rings (SSSR count).